The molecule has 1 aliphatic rings. The maximum absolute atomic E-state index is 12.8. The van der Waals surface area contributed by atoms with Gasteiger partial charge in [-0.1, -0.05) is 0 Å². The molecule has 1 fully saturated rings. The zero-order valence-corrected chi connectivity index (χ0v) is 10.0. The predicted octanol–water partition coefficient (Wildman–Crippen LogP) is 0.714. The molecular formula is C10H14FN3O2S. The fraction of sp³-hybridized carbons (Fsp3) is 0.500. The highest BCUT2D eigenvalue weighted by molar-refractivity contribution is 7.92. The van der Waals surface area contributed by atoms with E-state index in [1.807, 2.05) is 0 Å². The monoisotopic (exact) mass is 259 g/mol. The summed E-state index contributed by atoms with van der Waals surface area (Å²) in [5.74, 6) is -0.562. The fourth-order valence-electron chi connectivity index (χ4n) is 1.85. The molecule has 0 bridgehead atoms. The van der Waals surface area contributed by atoms with Crippen LogP contribution in [0.25, 0.3) is 0 Å². The van der Waals surface area contributed by atoms with Crippen molar-refractivity contribution < 1.29 is 12.8 Å². The number of aromatic nitrogens is 1. The lowest BCUT2D eigenvalue weighted by Gasteiger charge is -2.12. The normalized spacial score (nSPS) is 20.4. The lowest BCUT2D eigenvalue weighted by Crippen LogP contribution is -2.32. The number of rotatable bonds is 4. The van der Waals surface area contributed by atoms with Crippen LogP contribution < -0.4 is 10.0 Å². The van der Waals surface area contributed by atoms with Gasteiger partial charge in [0.1, 0.15) is 5.82 Å². The van der Waals surface area contributed by atoms with Gasteiger partial charge in [-0.2, -0.15) is 0 Å². The Morgan fingerprint density at radius 1 is 1.53 bits per heavy atom. The summed E-state index contributed by atoms with van der Waals surface area (Å²) < 4.78 is 38.7. The van der Waals surface area contributed by atoms with E-state index in [2.05, 4.69) is 15.0 Å². The van der Waals surface area contributed by atoms with Gasteiger partial charge in [0.25, 0.3) is 0 Å². The Morgan fingerprint density at radius 3 is 3.00 bits per heavy atom. The van der Waals surface area contributed by atoms with Gasteiger partial charge in [-0.3, -0.25) is 9.71 Å². The van der Waals surface area contributed by atoms with Crippen LogP contribution in [0.15, 0.2) is 18.5 Å². The first kappa shape index (κ1) is 12.3. The van der Waals surface area contributed by atoms with Gasteiger partial charge in [-0.25, -0.2) is 12.8 Å². The van der Waals surface area contributed by atoms with E-state index in [1.54, 1.807) is 0 Å². The Kier molecular flexibility index (Phi) is 3.58. The second-order valence-electron chi connectivity index (χ2n) is 4.07. The number of pyridine rings is 1. The molecule has 0 aliphatic carbocycles. The predicted molar refractivity (Wildman–Crippen MR) is 62.6 cm³/mol. The quantitative estimate of drug-likeness (QED) is 0.835. The fourth-order valence-corrected chi connectivity index (χ4v) is 3.22. The molecule has 0 radical (unpaired) electrons. The average Bonchev–Trinajstić information content (AvgIpc) is 2.68. The number of halogens is 1. The Bertz CT molecular complexity index is 486. The summed E-state index contributed by atoms with van der Waals surface area (Å²) in [6.07, 6.45) is 4.14. The molecule has 1 atom stereocenters. The van der Waals surface area contributed by atoms with E-state index in [1.165, 1.54) is 6.20 Å². The number of nitrogens with zero attached hydrogens (tertiary/aromatic N) is 1. The number of anilines is 1. The Morgan fingerprint density at radius 2 is 2.35 bits per heavy atom. The standard InChI is InChI=1S/C10H14FN3O2S/c11-8-4-10(6-12-5-8)14-17(15,16)7-9-2-1-3-13-9/h4-6,9,13-14H,1-3,7H2. The molecule has 1 aromatic heterocycles. The zero-order chi connectivity index (χ0) is 12.3. The van der Waals surface area contributed by atoms with E-state index in [9.17, 15) is 12.8 Å². The molecule has 2 rings (SSSR count). The molecule has 94 valence electrons. The minimum absolute atomic E-state index is 0.00349. The third kappa shape index (κ3) is 3.64. The van der Waals surface area contributed by atoms with E-state index in [4.69, 9.17) is 0 Å². The number of hydrogen-bond donors (Lipinski definition) is 2. The summed E-state index contributed by atoms with van der Waals surface area (Å²) in [5, 5.41) is 3.10. The van der Waals surface area contributed by atoms with Crippen molar-refractivity contribution in [1.29, 1.82) is 0 Å². The average molecular weight is 259 g/mol. The SMILES string of the molecule is O=S(=O)(CC1CCCN1)Nc1cncc(F)c1. The Balaban J connectivity index is 2.01. The van der Waals surface area contributed by atoms with Crippen LogP contribution in [0.3, 0.4) is 0 Å². The first-order valence-corrected chi connectivity index (χ1v) is 7.05. The van der Waals surface area contributed by atoms with Crippen LogP contribution in [0.5, 0.6) is 0 Å². The molecule has 1 unspecified atom stereocenters. The van der Waals surface area contributed by atoms with Crippen molar-refractivity contribution in [2.24, 2.45) is 0 Å². The minimum Gasteiger partial charge on any atom is -0.313 e. The van der Waals surface area contributed by atoms with Crippen molar-refractivity contribution >= 4 is 15.7 Å². The lowest BCUT2D eigenvalue weighted by atomic mass is 10.3. The highest BCUT2D eigenvalue weighted by Crippen LogP contribution is 2.12. The van der Waals surface area contributed by atoms with E-state index >= 15 is 0 Å². The van der Waals surface area contributed by atoms with E-state index in [-0.39, 0.29) is 17.5 Å². The van der Waals surface area contributed by atoms with Gasteiger partial charge in [-0.05, 0) is 19.4 Å². The molecule has 0 saturated carbocycles. The molecule has 17 heavy (non-hydrogen) atoms. The summed E-state index contributed by atoms with van der Waals surface area (Å²) in [6.45, 7) is 0.849. The molecule has 0 amide bonds. The molecule has 1 aliphatic heterocycles. The van der Waals surface area contributed by atoms with Crippen molar-refractivity contribution in [2.75, 3.05) is 17.0 Å². The van der Waals surface area contributed by atoms with Gasteiger partial charge in [0, 0.05) is 12.1 Å². The van der Waals surface area contributed by atoms with E-state index < -0.39 is 15.8 Å². The third-order valence-electron chi connectivity index (χ3n) is 2.56. The molecule has 2 heterocycles. The van der Waals surface area contributed by atoms with Crippen LogP contribution in [0, 0.1) is 5.82 Å². The molecule has 0 aromatic carbocycles. The summed E-state index contributed by atoms with van der Waals surface area (Å²) in [5.41, 5.74) is 0.156. The second-order valence-corrected chi connectivity index (χ2v) is 5.84. The number of hydrogen-bond acceptors (Lipinski definition) is 4. The topological polar surface area (TPSA) is 71.1 Å². The van der Waals surface area contributed by atoms with Gasteiger partial charge >= 0.3 is 0 Å². The maximum atomic E-state index is 12.8. The second kappa shape index (κ2) is 4.97. The number of sulfonamides is 1. The van der Waals surface area contributed by atoms with Crippen molar-refractivity contribution in [3.05, 3.63) is 24.3 Å². The van der Waals surface area contributed by atoms with Crippen molar-refractivity contribution in [1.82, 2.24) is 10.3 Å². The van der Waals surface area contributed by atoms with Gasteiger partial charge < -0.3 is 5.32 Å². The molecule has 7 heteroatoms. The highest BCUT2D eigenvalue weighted by Gasteiger charge is 2.22. The van der Waals surface area contributed by atoms with Crippen LogP contribution in [0.1, 0.15) is 12.8 Å². The molecule has 1 aromatic rings. The molecule has 1 saturated heterocycles. The third-order valence-corrected chi connectivity index (χ3v) is 3.95. The van der Waals surface area contributed by atoms with Crippen molar-refractivity contribution in [2.45, 2.75) is 18.9 Å². The van der Waals surface area contributed by atoms with Crippen LogP contribution in [0.2, 0.25) is 0 Å². The van der Waals surface area contributed by atoms with Gasteiger partial charge in [0.15, 0.2) is 0 Å². The minimum atomic E-state index is -3.45. The molecule has 2 N–H and O–H groups in total. The van der Waals surface area contributed by atoms with E-state index in [0.717, 1.165) is 31.6 Å². The molecule has 5 nitrogen and oxygen atoms in total. The van der Waals surface area contributed by atoms with E-state index in [0.29, 0.717) is 0 Å². The summed E-state index contributed by atoms with van der Waals surface area (Å²) in [6, 6.07) is 1.08. The molecule has 0 spiro atoms. The molecular weight excluding hydrogens is 245 g/mol. The van der Waals surface area contributed by atoms with Crippen LogP contribution in [-0.4, -0.2) is 31.7 Å². The van der Waals surface area contributed by atoms with Crippen molar-refractivity contribution in [3.8, 4) is 0 Å². The van der Waals surface area contributed by atoms with Gasteiger partial charge in [0.05, 0.1) is 23.8 Å². The van der Waals surface area contributed by atoms with Crippen molar-refractivity contribution in [3.63, 3.8) is 0 Å². The van der Waals surface area contributed by atoms with Gasteiger partial charge in [-0.15, -0.1) is 0 Å². The summed E-state index contributed by atoms with van der Waals surface area (Å²) >= 11 is 0. The van der Waals surface area contributed by atoms with Gasteiger partial charge in [0.2, 0.25) is 10.0 Å². The first-order chi connectivity index (χ1) is 8.05. The zero-order valence-electron chi connectivity index (χ0n) is 9.19. The maximum Gasteiger partial charge on any atom is 0.234 e. The van der Waals surface area contributed by atoms with Crippen LogP contribution >= 0.6 is 0 Å². The lowest BCUT2D eigenvalue weighted by molar-refractivity contribution is 0.581. The van der Waals surface area contributed by atoms with Crippen LogP contribution in [0.4, 0.5) is 10.1 Å². The smallest absolute Gasteiger partial charge is 0.234 e. The Hall–Kier alpha value is -1.21. The number of nitrogens with one attached hydrogen (secondary N) is 2. The summed E-state index contributed by atoms with van der Waals surface area (Å²) in [7, 11) is -3.45. The largest absolute Gasteiger partial charge is 0.313 e. The van der Waals surface area contributed by atoms with Crippen LogP contribution in [-0.2, 0) is 10.0 Å². The highest BCUT2D eigenvalue weighted by atomic mass is 32.2. The summed E-state index contributed by atoms with van der Waals surface area (Å²) in [4.78, 5) is 3.58. The Labute approximate surface area is 99.5 Å². The first-order valence-electron chi connectivity index (χ1n) is 5.39.